The molecule has 0 aliphatic carbocycles. The number of benzene rings is 2. The van der Waals surface area contributed by atoms with Gasteiger partial charge in [-0.15, -0.1) is 12.3 Å². The first-order chi connectivity index (χ1) is 11.2. The van der Waals surface area contributed by atoms with Crippen LogP contribution in [-0.2, 0) is 9.53 Å². The highest BCUT2D eigenvalue weighted by Crippen LogP contribution is 2.19. The number of amides is 1. The first-order valence-electron chi connectivity index (χ1n) is 7.13. The highest BCUT2D eigenvalue weighted by molar-refractivity contribution is 5.97. The van der Waals surface area contributed by atoms with Gasteiger partial charge < -0.3 is 10.1 Å². The van der Waals surface area contributed by atoms with Crippen LogP contribution < -0.4 is 5.32 Å². The summed E-state index contributed by atoms with van der Waals surface area (Å²) in [6, 6.07) is 16.1. The molecule has 1 N–H and O–H groups in total. The minimum absolute atomic E-state index is 0.0838. The van der Waals surface area contributed by atoms with Crippen molar-refractivity contribution in [2.75, 3.05) is 7.11 Å². The standard InChI is InChI=1S/C19H17NO3/c1-3-7-17(19(22)23-2)20-18(21)16-12-10-15(11-13-16)14-8-5-4-6-9-14/h1,4-6,8-13,17H,7H2,2H3,(H,20,21)/t17-/m1/s1. The smallest absolute Gasteiger partial charge is 0.329 e. The Bertz CT molecular complexity index is 715. The minimum atomic E-state index is -0.841. The van der Waals surface area contributed by atoms with E-state index in [-0.39, 0.29) is 12.3 Å². The van der Waals surface area contributed by atoms with Gasteiger partial charge >= 0.3 is 5.97 Å². The molecular formula is C19H17NO3. The maximum Gasteiger partial charge on any atom is 0.329 e. The lowest BCUT2D eigenvalue weighted by Gasteiger charge is -2.14. The van der Waals surface area contributed by atoms with Crippen molar-refractivity contribution in [1.29, 1.82) is 0 Å². The summed E-state index contributed by atoms with van der Waals surface area (Å²) < 4.78 is 4.63. The Morgan fingerprint density at radius 3 is 2.26 bits per heavy atom. The van der Waals surface area contributed by atoms with Gasteiger partial charge in [0.1, 0.15) is 6.04 Å². The zero-order valence-electron chi connectivity index (χ0n) is 12.8. The van der Waals surface area contributed by atoms with Crippen LogP contribution in [0.4, 0.5) is 0 Å². The second-order valence-electron chi connectivity index (χ2n) is 4.90. The SMILES string of the molecule is C#CC[C@@H](NC(=O)c1ccc(-c2ccccc2)cc1)C(=O)OC. The summed E-state index contributed by atoms with van der Waals surface area (Å²) in [7, 11) is 1.26. The Morgan fingerprint density at radius 1 is 1.09 bits per heavy atom. The minimum Gasteiger partial charge on any atom is -0.467 e. The summed E-state index contributed by atoms with van der Waals surface area (Å²) >= 11 is 0. The normalized spacial score (nSPS) is 11.1. The van der Waals surface area contributed by atoms with Crippen molar-refractivity contribution >= 4 is 11.9 Å². The molecule has 0 bridgehead atoms. The fourth-order valence-corrected chi connectivity index (χ4v) is 2.14. The molecule has 0 radical (unpaired) electrons. The van der Waals surface area contributed by atoms with Gasteiger partial charge in [-0.3, -0.25) is 4.79 Å². The van der Waals surface area contributed by atoms with Crippen LogP contribution >= 0.6 is 0 Å². The number of terminal acetylenes is 1. The van der Waals surface area contributed by atoms with Crippen molar-refractivity contribution < 1.29 is 14.3 Å². The number of carbonyl (C=O) groups is 2. The van der Waals surface area contributed by atoms with Crippen LogP contribution in [0, 0.1) is 12.3 Å². The highest BCUT2D eigenvalue weighted by Gasteiger charge is 2.21. The number of rotatable bonds is 5. The van der Waals surface area contributed by atoms with E-state index in [1.807, 2.05) is 42.5 Å². The highest BCUT2D eigenvalue weighted by atomic mass is 16.5. The number of carbonyl (C=O) groups excluding carboxylic acids is 2. The van der Waals surface area contributed by atoms with E-state index >= 15 is 0 Å². The molecule has 2 rings (SSSR count). The molecule has 0 fully saturated rings. The molecule has 0 unspecified atom stereocenters. The van der Waals surface area contributed by atoms with Crippen molar-refractivity contribution in [2.45, 2.75) is 12.5 Å². The Balaban J connectivity index is 2.11. The molecule has 4 nitrogen and oxygen atoms in total. The summed E-state index contributed by atoms with van der Waals surface area (Å²) in [5, 5.41) is 2.59. The van der Waals surface area contributed by atoms with Crippen molar-refractivity contribution in [3.63, 3.8) is 0 Å². The van der Waals surface area contributed by atoms with Gasteiger partial charge in [0.25, 0.3) is 5.91 Å². The summed E-state index contributed by atoms with van der Waals surface area (Å²) in [6.07, 6.45) is 5.30. The van der Waals surface area contributed by atoms with Gasteiger partial charge in [-0.2, -0.15) is 0 Å². The molecule has 116 valence electrons. The van der Waals surface area contributed by atoms with E-state index in [2.05, 4.69) is 16.0 Å². The molecule has 0 aliphatic heterocycles. The molecule has 0 spiro atoms. The van der Waals surface area contributed by atoms with Crippen LogP contribution in [0.3, 0.4) is 0 Å². The molecule has 0 saturated heterocycles. The molecule has 23 heavy (non-hydrogen) atoms. The monoisotopic (exact) mass is 307 g/mol. The van der Waals surface area contributed by atoms with Crippen molar-refractivity contribution in [1.82, 2.24) is 5.32 Å². The number of hydrogen-bond acceptors (Lipinski definition) is 3. The maximum atomic E-state index is 12.2. The zero-order valence-corrected chi connectivity index (χ0v) is 12.8. The van der Waals surface area contributed by atoms with E-state index in [0.717, 1.165) is 11.1 Å². The van der Waals surface area contributed by atoms with E-state index in [9.17, 15) is 9.59 Å². The number of ether oxygens (including phenoxy) is 1. The van der Waals surface area contributed by atoms with E-state index in [1.54, 1.807) is 12.1 Å². The summed E-state index contributed by atoms with van der Waals surface area (Å²) in [5.74, 6) is 1.43. The average Bonchev–Trinajstić information content (AvgIpc) is 2.61. The third-order valence-corrected chi connectivity index (χ3v) is 3.37. The fraction of sp³-hybridized carbons (Fsp3) is 0.158. The first-order valence-corrected chi connectivity index (χ1v) is 7.13. The van der Waals surface area contributed by atoms with Crippen LogP contribution in [0.2, 0.25) is 0 Å². The first kappa shape index (κ1) is 16.3. The quantitative estimate of drug-likeness (QED) is 0.682. The number of nitrogens with one attached hydrogen (secondary N) is 1. The lowest BCUT2D eigenvalue weighted by atomic mass is 10.0. The molecule has 1 atom stereocenters. The average molecular weight is 307 g/mol. The molecule has 2 aromatic carbocycles. The maximum absolute atomic E-state index is 12.2. The van der Waals surface area contributed by atoms with E-state index in [4.69, 9.17) is 6.42 Å². The van der Waals surface area contributed by atoms with Gasteiger partial charge in [-0.25, -0.2) is 4.79 Å². The molecule has 1 amide bonds. The summed E-state index contributed by atoms with van der Waals surface area (Å²) in [6.45, 7) is 0. The number of hydrogen-bond donors (Lipinski definition) is 1. The zero-order chi connectivity index (χ0) is 16.7. The molecule has 0 aromatic heterocycles. The van der Waals surface area contributed by atoms with Crippen LogP contribution in [0.5, 0.6) is 0 Å². The fourth-order valence-electron chi connectivity index (χ4n) is 2.14. The Kier molecular flexibility index (Phi) is 5.54. The Morgan fingerprint density at radius 2 is 1.70 bits per heavy atom. The third kappa shape index (κ3) is 4.21. The predicted molar refractivity (Wildman–Crippen MR) is 88.6 cm³/mol. The van der Waals surface area contributed by atoms with E-state index in [1.165, 1.54) is 7.11 Å². The molecule has 0 heterocycles. The lowest BCUT2D eigenvalue weighted by molar-refractivity contribution is -0.142. The van der Waals surface area contributed by atoms with Crippen molar-refractivity contribution in [3.8, 4) is 23.5 Å². The largest absolute Gasteiger partial charge is 0.467 e. The van der Waals surface area contributed by atoms with Crippen LogP contribution in [0.25, 0.3) is 11.1 Å². The summed E-state index contributed by atoms with van der Waals surface area (Å²) in [4.78, 5) is 23.8. The van der Waals surface area contributed by atoms with Gasteiger partial charge in [-0.05, 0) is 23.3 Å². The van der Waals surface area contributed by atoms with Gasteiger partial charge in [0.15, 0.2) is 0 Å². The van der Waals surface area contributed by atoms with Gasteiger partial charge in [-0.1, -0.05) is 42.5 Å². The molecule has 0 aliphatic rings. The lowest BCUT2D eigenvalue weighted by Crippen LogP contribution is -2.41. The molecule has 0 saturated carbocycles. The van der Waals surface area contributed by atoms with E-state index in [0.29, 0.717) is 5.56 Å². The topological polar surface area (TPSA) is 55.4 Å². The number of esters is 1. The number of methoxy groups -OCH3 is 1. The predicted octanol–water partition coefficient (Wildman–Crippen LogP) is 2.65. The van der Waals surface area contributed by atoms with Crippen LogP contribution in [0.1, 0.15) is 16.8 Å². The third-order valence-electron chi connectivity index (χ3n) is 3.37. The second-order valence-corrected chi connectivity index (χ2v) is 4.90. The summed E-state index contributed by atoms with van der Waals surface area (Å²) in [5.41, 5.74) is 2.53. The second kappa shape index (κ2) is 7.81. The van der Waals surface area contributed by atoms with Crippen LogP contribution in [0.15, 0.2) is 54.6 Å². The molecular weight excluding hydrogens is 290 g/mol. The van der Waals surface area contributed by atoms with Crippen molar-refractivity contribution in [3.05, 3.63) is 60.2 Å². The molecule has 4 heteroatoms. The van der Waals surface area contributed by atoms with Gasteiger partial charge in [0.05, 0.1) is 7.11 Å². The van der Waals surface area contributed by atoms with Crippen molar-refractivity contribution in [2.24, 2.45) is 0 Å². The van der Waals surface area contributed by atoms with Gasteiger partial charge in [0, 0.05) is 12.0 Å². The Hall–Kier alpha value is -3.06. The van der Waals surface area contributed by atoms with E-state index < -0.39 is 12.0 Å². The Labute approximate surface area is 135 Å². The van der Waals surface area contributed by atoms with Gasteiger partial charge in [0.2, 0.25) is 0 Å². The molecule has 2 aromatic rings. The van der Waals surface area contributed by atoms with Crippen LogP contribution in [-0.4, -0.2) is 25.0 Å².